The molecule has 2 aromatic heterocycles. The molecule has 0 saturated carbocycles. The summed E-state index contributed by atoms with van der Waals surface area (Å²) < 4.78 is 0. The van der Waals surface area contributed by atoms with E-state index in [-0.39, 0.29) is 6.04 Å². The van der Waals surface area contributed by atoms with Crippen LogP contribution in [0.5, 0.6) is 0 Å². The molecule has 1 aliphatic rings. The molecule has 0 amide bonds. The predicted octanol–water partition coefficient (Wildman–Crippen LogP) is 4.70. The third-order valence-corrected chi connectivity index (χ3v) is 6.44. The van der Waals surface area contributed by atoms with Crippen LogP contribution in [0, 0.1) is 5.92 Å². The lowest BCUT2D eigenvalue weighted by Gasteiger charge is -2.31. The molecule has 1 aromatic carbocycles. The molecule has 3 heterocycles. The van der Waals surface area contributed by atoms with Crippen molar-refractivity contribution in [1.29, 1.82) is 0 Å². The molecule has 1 fully saturated rings. The second kappa shape index (κ2) is 10.7. The van der Waals surface area contributed by atoms with Gasteiger partial charge in [-0.3, -0.25) is 0 Å². The fourth-order valence-electron chi connectivity index (χ4n) is 3.51. The maximum absolute atomic E-state index is 5.55. The number of hydrogen-bond donors (Lipinski definition) is 2. The van der Waals surface area contributed by atoms with Crippen LogP contribution in [0.3, 0.4) is 0 Å². The number of rotatable bonds is 6. The van der Waals surface area contributed by atoms with E-state index in [9.17, 15) is 0 Å². The summed E-state index contributed by atoms with van der Waals surface area (Å²) >= 11 is 6.97. The quantitative estimate of drug-likeness (QED) is 0.306. The van der Waals surface area contributed by atoms with Gasteiger partial charge in [0.25, 0.3) is 0 Å². The van der Waals surface area contributed by atoms with E-state index in [2.05, 4.69) is 56.5 Å². The largest absolute Gasteiger partial charge is 0.356 e. The van der Waals surface area contributed by atoms with Crippen molar-refractivity contribution in [3.63, 3.8) is 0 Å². The van der Waals surface area contributed by atoms with Crippen molar-refractivity contribution in [3.05, 3.63) is 60.4 Å². The zero-order chi connectivity index (χ0) is 22.3. The zero-order valence-corrected chi connectivity index (χ0v) is 19.9. The van der Waals surface area contributed by atoms with E-state index < -0.39 is 0 Å². The van der Waals surface area contributed by atoms with Gasteiger partial charge in [0.05, 0.1) is 6.04 Å². The van der Waals surface area contributed by atoms with E-state index >= 15 is 0 Å². The molecule has 1 aliphatic heterocycles. The topological polar surface area (TPSA) is 78.9 Å². The Morgan fingerprint density at radius 1 is 1.09 bits per heavy atom. The first-order valence-electron chi connectivity index (χ1n) is 10.8. The van der Waals surface area contributed by atoms with Gasteiger partial charge in [0, 0.05) is 31.5 Å². The molecule has 0 radical (unpaired) electrons. The van der Waals surface area contributed by atoms with Gasteiger partial charge in [0.15, 0.2) is 10.3 Å². The molecule has 0 bridgehead atoms. The Labute approximate surface area is 198 Å². The molecule has 0 spiro atoms. The average molecular weight is 466 g/mol. The molecule has 3 aromatic rings. The summed E-state index contributed by atoms with van der Waals surface area (Å²) in [5.74, 6) is 2.11. The van der Waals surface area contributed by atoms with E-state index in [0.29, 0.717) is 16.2 Å². The molecule has 7 nitrogen and oxygen atoms in total. The van der Waals surface area contributed by atoms with E-state index in [1.54, 1.807) is 18.5 Å². The van der Waals surface area contributed by atoms with Gasteiger partial charge in [-0.15, -0.1) is 0 Å². The van der Waals surface area contributed by atoms with Crippen LogP contribution in [0.25, 0.3) is 0 Å². The normalized spacial score (nSPS) is 15.2. The minimum Gasteiger partial charge on any atom is -0.356 e. The second-order valence-electron chi connectivity index (χ2n) is 7.92. The lowest BCUT2D eigenvalue weighted by molar-refractivity contribution is 0.436. The fraction of sp³-hybridized carbons (Fsp3) is 0.348. The van der Waals surface area contributed by atoms with Gasteiger partial charge in [0.1, 0.15) is 10.8 Å². The molecule has 1 atom stereocenters. The highest BCUT2D eigenvalue weighted by molar-refractivity contribution is 7.99. The maximum atomic E-state index is 5.55. The van der Waals surface area contributed by atoms with E-state index in [4.69, 9.17) is 17.2 Å². The maximum Gasteiger partial charge on any atom is 0.232 e. The molecule has 4 rings (SSSR count). The van der Waals surface area contributed by atoms with Gasteiger partial charge >= 0.3 is 0 Å². The molecular weight excluding hydrogens is 438 g/mol. The first-order chi connectivity index (χ1) is 15.6. The van der Waals surface area contributed by atoms with Crippen LogP contribution in [0.2, 0.25) is 0 Å². The Hall–Kier alpha value is -2.78. The van der Waals surface area contributed by atoms with Gasteiger partial charge in [-0.05, 0) is 61.3 Å². The van der Waals surface area contributed by atoms with Crippen molar-refractivity contribution in [2.75, 3.05) is 23.3 Å². The molecule has 2 N–H and O–H groups in total. The molecule has 32 heavy (non-hydrogen) atoms. The highest BCUT2D eigenvalue weighted by Crippen LogP contribution is 2.29. The number of nitrogens with one attached hydrogen (secondary N) is 2. The number of aromatic nitrogens is 4. The summed E-state index contributed by atoms with van der Waals surface area (Å²) in [6.07, 6.45) is 5.77. The smallest absolute Gasteiger partial charge is 0.232 e. The summed E-state index contributed by atoms with van der Waals surface area (Å²) in [6, 6.07) is 14.1. The van der Waals surface area contributed by atoms with Crippen LogP contribution in [-0.4, -0.2) is 38.1 Å². The summed E-state index contributed by atoms with van der Waals surface area (Å²) in [5, 5.41) is 8.40. The van der Waals surface area contributed by atoms with Gasteiger partial charge in [-0.2, -0.15) is 4.98 Å². The molecule has 9 heteroatoms. The standard InChI is InChI=1S/C23H27N7S2/c1-16-9-13-30(14-10-16)19-15-20(32-23-24-11-6-12-25-23)28-21(27-19)29-22(31)26-17(2)18-7-4-3-5-8-18/h3-8,11-12,15-17H,9-10,13-14H2,1-2H3,(H2,26,27,28,29,31)/t17-/m1/s1. The van der Waals surface area contributed by atoms with E-state index in [1.165, 1.54) is 11.8 Å². The molecule has 1 saturated heterocycles. The van der Waals surface area contributed by atoms with Crippen molar-refractivity contribution in [2.45, 2.75) is 42.9 Å². The highest BCUT2D eigenvalue weighted by Gasteiger charge is 2.19. The fourth-order valence-corrected chi connectivity index (χ4v) is 4.49. The number of piperidine rings is 1. The number of thiocarbonyl (C=S) groups is 1. The summed E-state index contributed by atoms with van der Waals surface area (Å²) in [7, 11) is 0. The SMILES string of the molecule is CC1CCN(c2cc(Sc3ncccn3)nc(NC(=S)N[C@H](C)c3ccccc3)n2)CC1. The third kappa shape index (κ3) is 6.14. The van der Waals surface area contributed by atoms with Crippen LogP contribution in [0.4, 0.5) is 11.8 Å². The molecular formula is C23H27N7S2. The van der Waals surface area contributed by atoms with Crippen LogP contribution < -0.4 is 15.5 Å². The van der Waals surface area contributed by atoms with Crippen LogP contribution in [0.1, 0.15) is 38.3 Å². The van der Waals surface area contributed by atoms with E-state index in [0.717, 1.165) is 48.3 Å². The zero-order valence-electron chi connectivity index (χ0n) is 18.2. The molecule has 0 unspecified atom stereocenters. The van der Waals surface area contributed by atoms with Crippen molar-refractivity contribution in [1.82, 2.24) is 25.3 Å². The summed E-state index contributed by atoms with van der Waals surface area (Å²) in [6.45, 7) is 6.34. The summed E-state index contributed by atoms with van der Waals surface area (Å²) in [5.41, 5.74) is 1.16. The Morgan fingerprint density at radius 2 is 1.81 bits per heavy atom. The Bertz CT molecular complexity index is 1030. The number of benzene rings is 1. The van der Waals surface area contributed by atoms with Crippen molar-refractivity contribution in [3.8, 4) is 0 Å². The third-order valence-electron chi connectivity index (χ3n) is 5.41. The van der Waals surface area contributed by atoms with E-state index in [1.807, 2.05) is 24.3 Å². The van der Waals surface area contributed by atoms with Gasteiger partial charge in [0.2, 0.25) is 5.95 Å². The van der Waals surface area contributed by atoms with Crippen LogP contribution in [-0.2, 0) is 0 Å². The van der Waals surface area contributed by atoms with Crippen LogP contribution in [0.15, 0.2) is 65.0 Å². The Kier molecular flexibility index (Phi) is 7.49. The molecule has 0 aliphatic carbocycles. The first kappa shape index (κ1) is 22.4. The van der Waals surface area contributed by atoms with Crippen LogP contribution >= 0.6 is 24.0 Å². The number of anilines is 2. The lowest BCUT2D eigenvalue weighted by Crippen LogP contribution is -2.34. The Morgan fingerprint density at radius 3 is 2.53 bits per heavy atom. The highest BCUT2D eigenvalue weighted by atomic mass is 32.2. The second-order valence-corrected chi connectivity index (χ2v) is 9.32. The van der Waals surface area contributed by atoms with Crippen molar-refractivity contribution < 1.29 is 0 Å². The van der Waals surface area contributed by atoms with Gasteiger partial charge in [-0.25, -0.2) is 15.0 Å². The minimum atomic E-state index is 0.0644. The predicted molar refractivity (Wildman–Crippen MR) is 133 cm³/mol. The first-order valence-corrected chi connectivity index (χ1v) is 12.0. The average Bonchev–Trinajstić information content (AvgIpc) is 2.80. The Balaban J connectivity index is 1.52. The van der Waals surface area contributed by atoms with Crippen molar-refractivity contribution in [2.24, 2.45) is 5.92 Å². The van der Waals surface area contributed by atoms with Crippen molar-refractivity contribution >= 4 is 40.9 Å². The lowest BCUT2D eigenvalue weighted by atomic mass is 9.99. The minimum absolute atomic E-state index is 0.0644. The monoisotopic (exact) mass is 465 g/mol. The molecule has 166 valence electrons. The van der Waals surface area contributed by atoms with Gasteiger partial charge < -0.3 is 15.5 Å². The number of nitrogens with zero attached hydrogens (tertiary/aromatic N) is 5. The summed E-state index contributed by atoms with van der Waals surface area (Å²) in [4.78, 5) is 20.4. The number of hydrogen-bond acceptors (Lipinski definition) is 7. The van der Waals surface area contributed by atoms with Gasteiger partial charge in [-0.1, -0.05) is 37.3 Å².